The number of hydrogen-bond acceptors (Lipinski definition) is 4. The lowest BCUT2D eigenvalue weighted by molar-refractivity contribution is 0.0955. The Balaban J connectivity index is 1.69. The van der Waals surface area contributed by atoms with Gasteiger partial charge in [-0.3, -0.25) is 4.79 Å². The maximum Gasteiger partial charge on any atom is 0.261 e. The Kier molecular flexibility index (Phi) is 5.54. The first-order chi connectivity index (χ1) is 12.5. The average molecular weight is 386 g/mol. The second kappa shape index (κ2) is 7.85. The lowest BCUT2D eigenvalue weighted by atomic mass is 10.0. The summed E-state index contributed by atoms with van der Waals surface area (Å²) < 4.78 is 25.4. The average Bonchev–Trinajstić information content (AvgIpc) is 3.18. The minimum absolute atomic E-state index is 0.171. The van der Waals surface area contributed by atoms with Crippen molar-refractivity contribution in [1.82, 2.24) is 5.32 Å². The van der Waals surface area contributed by atoms with E-state index >= 15 is 0 Å². The van der Waals surface area contributed by atoms with Crippen LogP contribution in [0.2, 0.25) is 0 Å². The topological polar surface area (TPSA) is 63.2 Å². The highest BCUT2D eigenvalue weighted by Gasteiger charge is 2.21. The molecule has 0 saturated heterocycles. The van der Waals surface area contributed by atoms with Gasteiger partial charge in [-0.1, -0.05) is 55.5 Å². The van der Waals surface area contributed by atoms with Crippen molar-refractivity contribution in [3.63, 3.8) is 0 Å². The molecule has 0 aliphatic rings. The minimum Gasteiger partial charge on any atom is -0.351 e. The molecule has 0 saturated carbocycles. The van der Waals surface area contributed by atoms with Crippen molar-refractivity contribution in [2.24, 2.45) is 0 Å². The molecule has 2 aromatic carbocycles. The van der Waals surface area contributed by atoms with E-state index in [-0.39, 0.29) is 20.9 Å². The third kappa shape index (κ3) is 4.03. The van der Waals surface area contributed by atoms with Crippen LogP contribution in [-0.4, -0.2) is 20.9 Å². The monoisotopic (exact) mass is 385 g/mol. The van der Waals surface area contributed by atoms with Crippen LogP contribution in [0.3, 0.4) is 0 Å². The summed E-state index contributed by atoms with van der Waals surface area (Å²) in [4.78, 5) is 13.0. The smallest absolute Gasteiger partial charge is 0.261 e. The molecule has 1 amide bonds. The van der Waals surface area contributed by atoms with Crippen molar-refractivity contribution >= 4 is 27.1 Å². The molecule has 1 atom stereocenters. The van der Waals surface area contributed by atoms with Crippen molar-refractivity contribution in [2.75, 3.05) is 6.54 Å². The molecule has 0 bridgehead atoms. The maximum absolute atomic E-state index is 12.6. The number of benzene rings is 2. The van der Waals surface area contributed by atoms with Crippen LogP contribution >= 0.6 is 11.3 Å². The standard InChI is InChI=1S/C20H19NO3S2/c1-15(16-8-4-2-5-9-16)14-21-20(22)18-12-13-19(25-18)26(23,24)17-10-6-3-7-11-17/h2-13,15H,14H2,1H3,(H,21,22)/t15-/m1/s1. The lowest BCUT2D eigenvalue weighted by Gasteiger charge is -2.12. The molecule has 0 aliphatic heterocycles. The molecule has 0 aliphatic carbocycles. The van der Waals surface area contributed by atoms with Gasteiger partial charge >= 0.3 is 0 Å². The summed E-state index contributed by atoms with van der Waals surface area (Å²) in [5.74, 6) is -0.0834. The Morgan fingerprint density at radius 2 is 1.58 bits per heavy atom. The zero-order valence-electron chi connectivity index (χ0n) is 14.3. The molecule has 0 unspecified atom stereocenters. The summed E-state index contributed by atoms with van der Waals surface area (Å²) in [7, 11) is -3.59. The Bertz CT molecular complexity index is 980. The number of rotatable bonds is 6. The number of nitrogens with one attached hydrogen (secondary N) is 1. The summed E-state index contributed by atoms with van der Waals surface area (Å²) in [5.41, 5.74) is 1.14. The van der Waals surface area contributed by atoms with Crippen LogP contribution in [0.25, 0.3) is 0 Å². The first-order valence-electron chi connectivity index (χ1n) is 8.21. The minimum atomic E-state index is -3.59. The first-order valence-corrected chi connectivity index (χ1v) is 10.5. The Morgan fingerprint density at radius 3 is 2.23 bits per heavy atom. The molecular formula is C20H19NO3S2. The summed E-state index contributed by atoms with van der Waals surface area (Å²) in [6.07, 6.45) is 0. The number of carbonyl (C=O) groups is 1. The van der Waals surface area contributed by atoms with Crippen LogP contribution in [0.1, 0.15) is 28.1 Å². The molecule has 3 aromatic rings. The van der Waals surface area contributed by atoms with Crippen molar-refractivity contribution in [2.45, 2.75) is 21.9 Å². The highest BCUT2D eigenvalue weighted by molar-refractivity contribution is 7.93. The van der Waals surface area contributed by atoms with Crippen LogP contribution < -0.4 is 5.32 Å². The van der Waals surface area contributed by atoms with Gasteiger partial charge in [0.15, 0.2) is 0 Å². The zero-order chi connectivity index (χ0) is 18.6. The van der Waals surface area contributed by atoms with Crippen molar-refractivity contribution < 1.29 is 13.2 Å². The summed E-state index contributed by atoms with van der Waals surface area (Å²) in [6.45, 7) is 2.52. The predicted octanol–water partition coefficient (Wildman–Crippen LogP) is 4.11. The summed E-state index contributed by atoms with van der Waals surface area (Å²) in [6, 6.07) is 21.2. The maximum atomic E-state index is 12.6. The van der Waals surface area contributed by atoms with Gasteiger partial charge in [0.2, 0.25) is 9.84 Å². The van der Waals surface area contributed by atoms with Crippen LogP contribution in [0, 0.1) is 0 Å². The van der Waals surface area contributed by atoms with Crippen molar-refractivity contribution in [3.8, 4) is 0 Å². The van der Waals surface area contributed by atoms with E-state index in [1.807, 2.05) is 37.3 Å². The largest absolute Gasteiger partial charge is 0.351 e. The van der Waals surface area contributed by atoms with Gasteiger partial charge in [0.05, 0.1) is 9.77 Å². The van der Waals surface area contributed by atoms with E-state index in [4.69, 9.17) is 0 Å². The van der Waals surface area contributed by atoms with E-state index < -0.39 is 9.84 Å². The molecule has 26 heavy (non-hydrogen) atoms. The molecule has 1 aromatic heterocycles. The van der Waals surface area contributed by atoms with Gasteiger partial charge in [-0.05, 0) is 35.7 Å². The highest BCUT2D eigenvalue weighted by atomic mass is 32.2. The lowest BCUT2D eigenvalue weighted by Crippen LogP contribution is -2.26. The third-order valence-electron chi connectivity index (χ3n) is 4.06. The van der Waals surface area contributed by atoms with Crippen LogP contribution in [0.5, 0.6) is 0 Å². The SMILES string of the molecule is C[C@H](CNC(=O)c1ccc(S(=O)(=O)c2ccccc2)s1)c1ccccc1. The fourth-order valence-corrected chi connectivity index (χ4v) is 5.18. The quantitative estimate of drug-likeness (QED) is 0.694. The van der Waals surface area contributed by atoms with Crippen LogP contribution in [0.4, 0.5) is 0 Å². The summed E-state index contributed by atoms with van der Waals surface area (Å²) in [5, 5.41) is 2.88. The van der Waals surface area contributed by atoms with Crippen LogP contribution in [-0.2, 0) is 9.84 Å². The molecule has 0 spiro atoms. The van der Waals surface area contributed by atoms with Crippen molar-refractivity contribution in [3.05, 3.63) is 83.2 Å². The van der Waals surface area contributed by atoms with E-state index in [0.29, 0.717) is 11.4 Å². The van der Waals surface area contributed by atoms with E-state index in [9.17, 15) is 13.2 Å². The fourth-order valence-electron chi connectivity index (χ4n) is 2.53. The normalized spacial score (nSPS) is 12.5. The van der Waals surface area contributed by atoms with Gasteiger partial charge < -0.3 is 5.32 Å². The Morgan fingerprint density at radius 1 is 0.962 bits per heavy atom. The molecular weight excluding hydrogens is 366 g/mol. The number of hydrogen-bond donors (Lipinski definition) is 1. The number of carbonyl (C=O) groups excluding carboxylic acids is 1. The number of thiophene rings is 1. The van der Waals surface area contributed by atoms with Gasteiger partial charge in [-0.25, -0.2) is 8.42 Å². The van der Waals surface area contributed by atoms with Gasteiger partial charge in [-0.15, -0.1) is 11.3 Å². The number of amides is 1. The molecule has 6 heteroatoms. The van der Waals surface area contributed by atoms with Gasteiger partial charge in [0.25, 0.3) is 5.91 Å². The fraction of sp³-hybridized carbons (Fsp3) is 0.150. The van der Waals surface area contributed by atoms with E-state index in [1.54, 1.807) is 36.4 Å². The predicted molar refractivity (Wildman–Crippen MR) is 103 cm³/mol. The molecule has 4 nitrogen and oxygen atoms in total. The van der Waals surface area contributed by atoms with Gasteiger partial charge in [0.1, 0.15) is 4.21 Å². The zero-order valence-corrected chi connectivity index (χ0v) is 15.9. The van der Waals surface area contributed by atoms with E-state index in [0.717, 1.165) is 16.9 Å². The van der Waals surface area contributed by atoms with Gasteiger partial charge in [-0.2, -0.15) is 0 Å². The van der Waals surface area contributed by atoms with Gasteiger partial charge in [0, 0.05) is 6.54 Å². The molecule has 0 radical (unpaired) electrons. The Labute approximate surface area is 157 Å². The van der Waals surface area contributed by atoms with Crippen LogP contribution in [0.15, 0.2) is 81.9 Å². The second-order valence-electron chi connectivity index (χ2n) is 5.96. The van der Waals surface area contributed by atoms with E-state index in [1.165, 1.54) is 6.07 Å². The van der Waals surface area contributed by atoms with E-state index in [2.05, 4.69) is 5.32 Å². The molecule has 134 valence electrons. The van der Waals surface area contributed by atoms with Crippen molar-refractivity contribution in [1.29, 1.82) is 0 Å². The number of sulfone groups is 1. The molecule has 1 N–H and O–H groups in total. The highest BCUT2D eigenvalue weighted by Crippen LogP contribution is 2.27. The Hall–Kier alpha value is -2.44. The third-order valence-corrected chi connectivity index (χ3v) is 7.41. The molecule has 3 rings (SSSR count). The first kappa shape index (κ1) is 18.4. The molecule has 1 heterocycles. The second-order valence-corrected chi connectivity index (χ2v) is 9.22. The summed E-state index contributed by atoms with van der Waals surface area (Å²) >= 11 is 0.990. The molecule has 0 fully saturated rings.